The first-order valence-electron chi connectivity index (χ1n) is 9.93. The van der Waals surface area contributed by atoms with E-state index >= 15 is 0 Å². The van der Waals surface area contributed by atoms with E-state index in [1.54, 1.807) is 6.07 Å². The molecule has 1 aliphatic rings. The third-order valence-electron chi connectivity index (χ3n) is 5.43. The van der Waals surface area contributed by atoms with Gasteiger partial charge >= 0.3 is 6.18 Å². The second kappa shape index (κ2) is 9.66. The fourth-order valence-electron chi connectivity index (χ4n) is 3.79. The molecule has 0 radical (unpaired) electrons. The van der Waals surface area contributed by atoms with Gasteiger partial charge in [-0.05, 0) is 49.7 Å². The Kier molecular flexibility index (Phi) is 7.20. The van der Waals surface area contributed by atoms with E-state index in [-0.39, 0.29) is 12.4 Å². The number of rotatable bonds is 6. The van der Waals surface area contributed by atoms with Gasteiger partial charge in [0.1, 0.15) is 5.52 Å². The lowest BCUT2D eigenvalue weighted by Crippen LogP contribution is -2.46. The van der Waals surface area contributed by atoms with Crippen molar-refractivity contribution < 1.29 is 13.2 Å². The van der Waals surface area contributed by atoms with Crippen molar-refractivity contribution in [3.05, 3.63) is 54.1 Å². The van der Waals surface area contributed by atoms with Gasteiger partial charge < -0.3 is 4.90 Å². The van der Waals surface area contributed by atoms with Crippen LogP contribution in [-0.2, 0) is 12.7 Å². The largest absolute Gasteiger partial charge is 0.416 e. The second-order valence-corrected chi connectivity index (χ2v) is 7.39. The Morgan fingerprint density at radius 1 is 0.867 bits per heavy atom. The highest BCUT2D eigenvalue weighted by atomic mass is 35.5. The first-order valence-corrected chi connectivity index (χ1v) is 9.93. The van der Waals surface area contributed by atoms with Gasteiger partial charge in [0.2, 0.25) is 0 Å². The molecule has 1 saturated heterocycles. The number of alkyl halides is 3. The van der Waals surface area contributed by atoms with Crippen molar-refractivity contribution in [2.75, 3.05) is 37.6 Å². The zero-order valence-electron chi connectivity index (χ0n) is 16.6. The highest BCUT2D eigenvalue weighted by Crippen LogP contribution is 2.31. The first kappa shape index (κ1) is 22.4. The van der Waals surface area contributed by atoms with E-state index < -0.39 is 11.7 Å². The third kappa shape index (κ3) is 5.23. The minimum Gasteiger partial charge on any atom is -0.369 e. The normalized spacial score (nSPS) is 15.4. The van der Waals surface area contributed by atoms with E-state index in [1.165, 1.54) is 12.1 Å². The molecule has 3 aromatic rings. The van der Waals surface area contributed by atoms with Crippen LogP contribution in [0.25, 0.3) is 11.0 Å². The Morgan fingerprint density at radius 2 is 1.60 bits per heavy atom. The third-order valence-corrected chi connectivity index (χ3v) is 5.43. The Morgan fingerprint density at radius 3 is 2.37 bits per heavy atom. The van der Waals surface area contributed by atoms with Gasteiger partial charge in [0.05, 0.1) is 11.1 Å². The van der Waals surface area contributed by atoms with Crippen LogP contribution in [0.15, 0.2) is 48.5 Å². The van der Waals surface area contributed by atoms with Crippen LogP contribution in [0.5, 0.6) is 0 Å². The number of hydrogen-bond donors (Lipinski definition) is 0. The maximum atomic E-state index is 12.9. The molecule has 1 aromatic heterocycles. The fraction of sp³-hybridized carbons (Fsp3) is 0.429. The van der Waals surface area contributed by atoms with Gasteiger partial charge in [-0.25, -0.2) is 4.68 Å². The molecule has 9 heteroatoms. The molecule has 0 amide bonds. The predicted octanol–water partition coefficient (Wildman–Crippen LogP) is 4.47. The highest BCUT2D eigenvalue weighted by Gasteiger charge is 2.31. The minimum absolute atomic E-state index is 0. The molecule has 0 spiro atoms. The van der Waals surface area contributed by atoms with Crippen molar-refractivity contribution in [3.8, 4) is 0 Å². The van der Waals surface area contributed by atoms with Crippen molar-refractivity contribution in [3.63, 3.8) is 0 Å². The van der Waals surface area contributed by atoms with Gasteiger partial charge in [-0.1, -0.05) is 23.4 Å². The van der Waals surface area contributed by atoms with E-state index in [4.69, 9.17) is 0 Å². The summed E-state index contributed by atoms with van der Waals surface area (Å²) in [6.45, 7) is 5.04. The van der Waals surface area contributed by atoms with Gasteiger partial charge in [0.25, 0.3) is 0 Å². The van der Waals surface area contributed by atoms with Crippen LogP contribution >= 0.6 is 12.4 Å². The molecule has 5 nitrogen and oxygen atoms in total. The van der Waals surface area contributed by atoms with E-state index in [2.05, 4.69) is 15.2 Å². The van der Waals surface area contributed by atoms with Crippen molar-refractivity contribution in [2.45, 2.75) is 25.6 Å². The fourth-order valence-corrected chi connectivity index (χ4v) is 3.79. The van der Waals surface area contributed by atoms with Crippen molar-refractivity contribution >= 4 is 29.1 Å². The highest BCUT2D eigenvalue weighted by molar-refractivity contribution is 5.85. The molecule has 0 bridgehead atoms. The summed E-state index contributed by atoms with van der Waals surface area (Å²) in [4.78, 5) is 4.41. The van der Waals surface area contributed by atoms with Crippen LogP contribution in [0.4, 0.5) is 18.9 Å². The number of nitrogens with zero attached hydrogens (tertiary/aromatic N) is 5. The molecule has 30 heavy (non-hydrogen) atoms. The monoisotopic (exact) mass is 439 g/mol. The Bertz CT molecular complexity index is 951. The lowest BCUT2D eigenvalue weighted by molar-refractivity contribution is -0.137. The summed E-state index contributed by atoms with van der Waals surface area (Å²) in [5, 5.41) is 8.39. The van der Waals surface area contributed by atoms with E-state index in [0.717, 1.165) is 69.2 Å². The van der Waals surface area contributed by atoms with E-state index in [0.29, 0.717) is 5.69 Å². The van der Waals surface area contributed by atoms with Gasteiger partial charge in [0.15, 0.2) is 0 Å². The molecular weight excluding hydrogens is 415 g/mol. The average molecular weight is 440 g/mol. The number of para-hydroxylation sites is 1. The Hall–Kier alpha value is -2.32. The molecule has 0 atom stereocenters. The summed E-state index contributed by atoms with van der Waals surface area (Å²) in [6, 6.07) is 13.6. The summed E-state index contributed by atoms with van der Waals surface area (Å²) < 4.78 is 40.7. The number of fused-ring (bicyclic) bond motifs is 1. The molecule has 4 rings (SSSR count). The van der Waals surface area contributed by atoms with Crippen molar-refractivity contribution in [1.29, 1.82) is 0 Å². The number of anilines is 1. The lowest BCUT2D eigenvalue weighted by Gasteiger charge is -2.36. The Labute approximate surface area is 179 Å². The maximum absolute atomic E-state index is 12.9. The molecule has 0 saturated carbocycles. The second-order valence-electron chi connectivity index (χ2n) is 7.39. The minimum atomic E-state index is -4.30. The molecule has 1 fully saturated rings. The summed E-state index contributed by atoms with van der Waals surface area (Å²) in [6.07, 6.45) is -2.23. The lowest BCUT2D eigenvalue weighted by atomic mass is 10.1. The average Bonchev–Trinajstić information content (AvgIpc) is 3.14. The molecule has 1 aliphatic heterocycles. The van der Waals surface area contributed by atoms with Crippen molar-refractivity contribution in [2.24, 2.45) is 0 Å². The summed E-state index contributed by atoms with van der Waals surface area (Å²) in [7, 11) is 0. The number of unbranched alkanes of at least 4 members (excludes halogenated alkanes) is 1. The summed E-state index contributed by atoms with van der Waals surface area (Å²) in [5.41, 5.74) is 2.04. The number of piperazine rings is 1. The van der Waals surface area contributed by atoms with E-state index in [9.17, 15) is 13.2 Å². The summed E-state index contributed by atoms with van der Waals surface area (Å²) >= 11 is 0. The topological polar surface area (TPSA) is 37.2 Å². The number of aromatic nitrogens is 3. The molecule has 162 valence electrons. The Balaban J connectivity index is 0.00000256. The van der Waals surface area contributed by atoms with E-state index in [1.807, 2.05) is 33.8 Å². The number of hydrogen-bond acceptors (Lipinski definition) is 4. The van der Waals surface area contributed by atoms with Crippen LogP contribution in [0.2, 0.25) is 0 Å². The molecular formula is C21H25ClF3N5. The molecule has 0 aliphatic carbocycles. The number of halogens is 4. The quantitative estimate of drug-likeness (QED) is 0.531. The molecule has 2 aromatic carbocycles. The van der Waals surface area contributed by atoms with Gasteiger partial charge in [-0.3, -0.25) is 4.90 Å². The van der Waals surface area contributed by atoms with Gasteiger partial charge in [0, 0.05) is 38.4 Å². The first-order chi connectivity index (χ1) is 14.0. The van der Waals surface area contributed by atoms with Crippen LogP contribution in [0.1, 0.15) is 18.4 Å². The van der Waals surface area contributed by atoms with Crippen LogP contribution in [0, 0.1) is 0 Å². The zero-order valence-corrected chi connectivity index (χ0v) is 17.4. The van der Waals surface area contributed by atoms with Gasteiger partial charge in [-0.2, -0.15) is 13.2 Å². The molecule has 0 unspecified atom stereocenters. The smallest absolute Gasteiger partial charge is 0.369 e. The SMILES string of the molecule is Cl.FC(F)(F)c1cccc(N2CCN(CCCCn3nnc4ccccc43)CC2)c1. The van der Waals surface area contributed by atoms with Crippen molar-refractivity contribution in [1.82, 2.24) is 19.9 Å². The van der Waals surface area contributed by atoms with Gasteiger partial charge in [-0.15, -0.1) is 17.5 Å². The van der Waals surface area contributed by atoms with Crippen LogP contribution < -0.4 is 4.90 Å². The summed E-state index contributed by atoms with van der Waals surface area (Å²) in [5.74, 6) is 0. The molecule has 2 heterocycles. The van der Waals surface area contributed by atoms with Crippen LogP contribution in [0.3, 0.4) is 0 Å². The maximum Gasteiger partial charge on any atom is 0.416 e. The standard InChI is InChI=1S/C21H24F3N5.ClH/c22-21(23,24)17-6-5-7-18(16-17)28-14-12-27(13-15-28)10-3-4-11-29-20-9-2-1-8-19(20)25-26-29;/h1-2,5-9,16H,3-4,10-15H2;1H. The van der Waals surface area contributed by atoms with Crippen LogP contribution in [-0.4, -0.2) is 52.6 Å². The predicted molar refractivity (Wildman–Crippen MR) is 114 cm³/mol. The number of benzene rings is 2. The zero-order chi connectivity index (χ0) is 20.3. The number of aryl methyl sites for hydroxylation is 1. The molecule has 0 N–H and O–H groups in total.